The van der Waals surface area contributed by atoms with E-state index in [9.17, 15) is 9.90 Å². The lowest BCUT2D eigenvalue weighted by atomic mass is 10.1. The SMILES string of the molecule is CCOC(=O)c1cn(C(CCSc2ccc(Cl)c(Cl)c2)C(C)O)cn1. The first-order valence-corrected chi connectivity index (χ1v) is 9.63. The van der Waals surface area contributed by atoms with Gasteiger partial charge in [-0.05, 0) is 38.5 Å². The number of aliphatic hydroxyl groups is 1. The van der Waals surface area contributed by atoms with Crippen LogP contribution in [0.1, 0.15) is 36.8 Å². The molecule has 1 heterocycles. The van der Waals surface area contributed by atoms with Gasteiger partial charge in [-0.15, -0.1) is 11.8 Å². The molecule has 0 radical (unpaired) electrons. The summed E-state index contributed by atoms with van der Waals surface area (Å²) in [5.41, 5.74) is 0.240. The highest BCUT2D eigenvalue weighted by molar-refractivity contribution is 7.99. The molecule has 136 valence electrons. The number of nitrogens with zero attached hydrogens (tertiary/aromatic N) is 2. The summed E-state index contributed by atoms with van der Waals surface area (Å²) in [6, 6.07) is 5.31. The van der Waals surface area contributed by atoms with E-state index in [1.165, 1.54) is 0 Å². The molecule has 0 amide bonds. The van der Waals surface area contributed by atoms with Gasteiger partial charge >= 0.3 is 5.97 Å². The average molecular weight is 403 g/mol. The summed E-state index contributed by atoms with van der Waals surface area (Å²) in [6.45, 7) is 3.76. The van der Waals surface area contributed by atoms with E-state index in [4.69, 9.17) is 27.9 Å². The number of imidazole rings is 1. The lowest BCUT2D eigenvalue weighted by molar-refractivity contribution is 0.0519. The van der Waals surface area contributed by atoms with Gasteiger partial charge in [0.1, 0.15) is 0 Å². The van der Waals surface area contributed by atoms with E-state index >= 15 is 0 Å². The van der Waals surface area contributed by atoms with Crippen LogP contribution in [0.15, 0.2) is 35.6 Å². The van der Waals surface area contributed by atoms with Gasteiger partial charge in [0.15, 0.2) is 5.69 Å². The standard InChI is InChI=1S/C17H20Cl2N2O3S/c1-3-24-17(23)15-9-21(10-20-15)16(11(2)22)6-7-25-12-4-5-13(18)14(19)8-12/h4-5,8-11,16,22H,3,6-7H2,1-2H3. The van der Waals surface area contributed by atoms with Crippen LogP contribution in [0.2, 0.25) is 10.0 Å². The number of carbonyl (C=O) groups is 1. The third-order valence-electron chi connectivity index (χ3n) is 3.60. The summed E-state index contributed by atoms with van der Waals surface area (Å²) in [5.74, 6) is 0.302. The van der Waals surface area contributed by atoms with Crippen LogP contribution in [0.25, 0.3) is 0 Å². The Morgan fingerprint density at radius 1 is 1.40 bits per heavy atom. The second kappa shape index (κ2) is 9.48. The van der Waals surface area contributed by atoms with E-state index in [1.807, 2.05) is 12.1 Å². The fourth-order valence-corrected chi connectivity index (χ4v) is 3.66. The number of thioether (sulfide) groups is 1. The molecule has 0 aliphatic carbocycles. The normalized spacial score (nSPS) is 13.5. The zero-order chi connectivity index (χ0) is 18.4. The van der Waals surface area contributed by atoms with E-state index in [2.05, 4.69) is 4.98 Å². The van der Waals surface area contributed by atoms with Crippen molar-refractivity contribution in [3.8, 4) is 0 Å². The second-order valence-corrected chi connectivity index (χ2v) is 7.43. The predicted molar refractivity (Wildman–Crippen MR) is 101 cm³/mol. The van der Waals surface area contributed by atoms with Crippen LogP contribution in [-0.4, -0.2) is 39.1 Å². The summed E-state index contributed by atoms with van der Waals surface area (Å²) in [7, 11) is 0. The number of aliphatic hydroxyl groups excluding tert-OH is 1. The van der Waals surface area contributed by atoms with Crippen LogP contribution < -0.4 is 0 Å². The number of ether oxygens (including phenoxy) is 1. The van der Waals surface area contributed by atoms with Crippen molar-refractivity contribution in [1.29, 1.82) is 0 Å². The Morgan fingerprint density at radius 3 is 2.80 bits per heavy atom. The van der Waals surface area contributed by atoms with E-state index in [0.29, 0.717) is 23.1 Å². The maximum Gasteiger partial charge on any atom is 0.358 e. The van der Waals surface area contributed by atoms with Gasteiger partial charge in [0.2, 0.25) is 0 Å². The van der Waals surface area contributed by atoms with Crippen molar-refractivity contribution in [3.05, 3.63) is 46.5 Å². The minimum Gasteiger partial charge on any atom is -0.461 e. The summed E-state index contributed by atoms with van der Waals surface area (Å²) >= 11 is 13.6. The van der Waals surface area contributed by atoms with E-state index in [-0.39, 0.29) is 11.7 Å². The van der Waals surface area contributed by atoms with Crippen molar-refractivity contribution in [2.45, 2.75) is 37.3 Å². The number of rotatable bonds is 8. The number of aromatic nitrogens is 2. The van der Waals surface area contributed by atoms with Gasteiger partial charge in [-0.3, -0.25) is 0 Å². The van der Waals surface area contributed by atoms with Gasteiger partial charge in [0.05, 0.1) is 35.1 Å². The highest BCUT2D eigenvalue weighted by atomic mass is 35.5. The summed E-state index contributed by atoms with van der Waals surface area (Å²) in [5, 5.41) is 11.1. The zero-order valence-corrected chi connectivity index (χ0v) is 16.3. The third-order valence-corrected chi connectivity index (χ3v) is 5.37. The lowest BCUT2D eigenvalue weighted by Crippen LogP contribution is -2.21. The Labute approximate surface area is 161 Å². The first kappa shape index (κ1) is 20.1. The molecule has 0 fully saturated rings. The Bertz CT molecular complexity index is 722. The quantitative estimate of drug-likeness (QED) is 0.521. The highest BCUT2D eigenvalue weighted by Crippen LogP contribution is 2.29. The fraction of sp³-hybridized carbons (Fsp3) is 0.412. The number of hydrogen-bond acceptors (Lipinski definition) is 5. The average Bonchev–Trinajstić information content (AvgIpc) is 3.04. The van der Waals surface area contributed by atoms with Crippen LogP contribution in [0, 0.1) is 0 Å². The van der Waals surface area contributed by atoms with E-state index < -0.39 is 12.1 Å². The van der Waals surface area contributed by atoms with Crippen LogP contribution in [0.5, 0.6) is 0 Å². The molecule has 2 atom stereocenters. The van der Waals surface area contributed by atoms with Crippen LogP contribution in [0.4, 0.5) is 0 Å². The number of hydrogen-bond donors (Lipinski definition) is 1. The minimum atomic E-state index is -0.585. The molecule has 8 heteroatoms. The van der Waals surface area contributed by atoms with Gasteiger partial charge in [0, 0.05) is 16.8 Å². The van der Waals surface area contributed by atoms with Crippen molar-refractivity contribution in [2.75, 3.05) is 12.4 Å². The largest absolute Gasteiger partial charge is 0.461 e. The van der Waals surface area contributed by atoms with Gasteiger partial charge in [-0.25, -0.2) is 9.78 Å². The van der Waals surface area contributed by atoms with Crippen LogP contribution in [-0.2, 0) is 4.74 Å². The Balaban J connectivity index is 1.99. The molecule has 0 saturated heterocycles. The number of benzene rings is 1. The molecule has 1 N–H and O–H groups in total. The van der Waals surface area contributed by atoms with E-state index in [0.717, 1.165) is 10.6 Å². The summed E-state index contributed by atoms with van der Waals surface area (Å²) in [6.07, 6.45) is 3.27. The van der Waals surface area contributed by atoms with Crippen LogP contribution >= 0.6 is 35.0 Å². The van der Waals surface area contributed by atoms with E-state index in [1.54, 1.807) is 48.8 Å². The zero-order valence-electron chi connectivity index (χ0n) is 14.0. The summed E-state index contributed by atoms with van der Waals surface area (Å²) < 4.78 is 6.69. The third kappa shape index (κ3) is 5.64. The maximum atomic E-state index is 11.7. The van der Waals surface area contributed by atoms with Crippen molar-refractivity contribution in [1.82, 2.24) is 9.55 Å². The molecule has 25 heavy (non-hydrogen) atoms. The molecule has 1 aromatic carbocycles. The molecule has 2 aromatic rings. The first-order chi connectivity index (χ1) is 11.9. The van der Waals surface area contributed by atoms with Crippen molar-refractivity contribution in [3.63, 3.8) is 0 Å². The van der Waals surface area contributed by atoms with Gasteiger partial charge in [-0.1, -0.05) is 23.2 Å². The number of carbonyl (C=O) groups excluding carboxylic acids is 1. The Hall–Kier alpha value is -1.21. The smallest absolute Gasteiger partial charge is 0.358 e. The molecule has 0 aliphatic rings. The molecule has 2 rings (SSSR count). The summed E-state index contributed by atoms with van der Waals surface area (Å²) in [4.78, 5) is 16.8. The van der Waals surface area contributed by atoms with Crippen molar-refractivity contribution >= 4 is 40.9 Å². The Morgan fingerprint density at radius 2 is 2.16 bits per heavy atom. The van der Waals surface area contributed by atoms with Crippen LogP contribution in [0.3, 0.4) is 0 Å². The van der Waals surface area contributed by atoms with Gasteiger partial charge < -0.3 is 14.4 Å². The molecular weight excluding hydrogens is 383 g/mol. The monoisotopic (exact) mass is 402 g/mol. The maximum absolute atomic E-state index is 11.7. The topological polar surface area (TPSA) is 64.3 Å². The molecule has 0 bridgehead atoms. The first-order valence-electron chi connectivity index (χ1n) is 7.89. The molecule has 1 aromatic heterocycles. The molecule has 2 unspecified atom stereocenters. The lowest BCUT2D eigenvalue weighted by Gasteiger charge is -2.21. The van der Waals surface area contributed by atoms with Gasteiger partial charge in [-0.2, -0.15) is 0 Å². The fourth-order valence-electron chi connectivity index (χ4n) is 2.33. The van der Waals surface area contributed by atoms with Crippen molar-refractivity contribution in [2.24, 2.45) is 0 Å². The second-order valence-electron chi connectivity index (χ2n) is 5.45. The van der Waals surface area contributed by atoms with Gasteiger partial charge in [0.25, 0.3) is 0 Å². The highest BCUT2D eigenvalue weighted by Gasteiger charge is 2.19. The number of halogens is 2. The molecule has 0 spiro atoms. The molecule has 0 aliphatic heterocycles. The molecule has 0 saturated carbocycles. The number of esters is 1. The van der Waals surface area contributed by atoms with Crippen molar-refractivity contribution < 1.29 is 14.6 Å². The Kier molecular flexibility index (Phi) is 7.62. The molecular formula is C17H20Cl2N2O3S. The minimum absolute atomic E-state index is 0.189. The molecule has 5 nitrogen and oxygen atoms in total. The predicted octanol–water partition coefficient (Wildman–Crippen LogP) is 4.47.